The van der Waals surface area contributed by atoms with E-state index in [-0.39, 0.29) is 17.5 Å². The van der Waals surface area contributed by atoms with Crippen LogP contribution in [0.25, 0.3) is 0 Å². The summed E-state index contributed by atoms with van der Waals surface area (Å²) in [5, 5.41) is 0.492. The molecular formula is C30H21ClN2O4. The van der Waals surface area contributed by atoms with Crippen molar-refractivity contribution in [1.82, 2.24) is 4.90 Å². The molecule has 2 saturated heterocycles. The Kier molecular flexibility index (Phi) is 5.61. The smallest absolute Gasteiger partial charge is 0.240 e. The average molecular weight is 509 g/mol. The fourth-order valence-electron chi connectivity index (χ4n) is 5.57. The van der Waals surface area contributed by atoms with Crippen LogP contribution >= 0.6 is 11.6 Å². The predicted molar refractivity (Wildman–Crippen MR) is 139 cm³/mol. The number of amides is 2. The summed E-state index contributed by atoms with van der Waals surface area (Å²) in [4.78, 5) is 57.5. The summed E-state index contributed by atoms with van der Waals surface area (Å²) < 4.78 is 0. The van der Waals surface area contributed by atoms with Crippen molar-refractivity contribution in [2.75, 3.05) is 4.90 Å². The SMILES string of the molecule is O=C(C1=C[C@H]2[C@H]3C(=O)N(c4ccccc4)C(=O)[C@@H]3[C@H](C(=O)c3ccc(Cl)cc3)N2C=C1)c1ccccc1. The van der Waals surface area contributed by atoms with Crippen LogP contribution in [0.4, 0.5) is 5.69 Å². The molecule has 7 heteroatoms. The highest BCUT2D eigenvalue weighted by Gasteiger charge is 2.63. The van der Waals surface area contributed by atoms with Crippen molar-refractivity contribution < 1.29 is 19.2 Å². The molecule has 4 atom stereocenters. The van der Waals surface area contributed by atoms with Gasteiger partial charge in [0.25, 0.3) is 0 Å². The summed E-state index contributed by atoms with van der Waals surface area (Å²) >= 11 is 6.02. The molecule has 0 saturated carbocycles. The van der Waals surface area contributed by atoms with Crippen LogP contribution in [0.15, 0.2) is 109 Å². The van der Waals surface area contributed by atoms with Gasteiger partial charge in [0.15, 0.2) is 11.6 Å². The number of imide groups is 1. The molecule has 2 amide bonds. The quantitative estimate of drug-likeness (QED) is 0.368. The average Bonchev–Trinajstić information content (AvgIpc) is 3.40. The molecule has 37 heavy (non-hydrogen) atoms. The molecule has 3 aliphatic rings. The van der Waals surface area contributed by atoms with E-state index in [9.17, 15) is 19.2 Å². The Bertz CT molecular complexity index is 1480. The fourth-order valence-corrected chi connectivity index (χ4v) is 5.70. The second-order valence-corrected chi connectivity index (χ2v) is 9.72. The maximum absolute atomic E-state index is 13.8. The third-order valence-electron chi connectivity index (χ3n) is 7.26. The first kappa shape index (κ1) is 23.1. The lowest BCUT2D eigenvalue weighted by molar-refractivity contribution is -0.123. The lowest BCUT2D eigenvalue weighted by Crippen LogP contribution is -2.46. The van der Waals surface area contributed by atoms with Crippen molar-refractivity contribution in [3.63, 3.8) is 0 Å². The topological polar surface area (TPSA) is 74.8 Å². The minimum atomic E-state index is -0.901. The third kappa shape index (κ3) is 3.72. The molecule has 0 aliphatic carbocycles. The maximum Gasteiger partial charge on any atom is 0.240 e. The Labute approximate surface area is 218 Å². The van der Waals surface area contributed by atoms with Crippen LogP contribution in [0.3, 0.4) is 0 Å². The van der Waals surface area contributed by atoms with Gasteiger partial charge in [0, 0.05) is 27.9 Å². The zero-order valence-corrected chi connectivity index (χ0v) is 20.3. The molecule has 3 heterocycles. The number of para-hydroxylation sites is 1. The normalized spacial score (nSPS) is 24.1. The first-order valence-electron chi connectivity index (χ1n) is 12.0. The van der Waals surface area contributed by atoms with Crippen LogP contribution in [0, 0.1) is 11.8 Å². The molecule has 0 N–H and O–H groups in total. The molecule has 182 valence electrons. The number of Topliss-reactive ketones (excluding diaryl/α,β-unsaturated/α-hetero) is 2. The number of anilines is 1. The standard InChI is InChI=1S/C30H21ClN2O4/c31-21-13-11-19(12-14-21)28(35)26-25-24(29(36)33(30(25)37)22-9-5-2-6-10-22)23-17-20(15-16-32(23)26)27(34)18-7-3-1-4-8-18/h1-17,23-26H/t23-,24+,25-,26+/m0/s1. The largest absolute Gasteiger partial charge is 0.359 e. The highest BCUT2D eigenvalue weighted by atomic mass is 35.5. The number of allylic oxidation sites excluding steroid dienone is 2. The molecular weight excluding hydrogens is 488 g/mol. The van der Waals surface area contributed by atoms with E-state index in [0.29, 0.717) is 27.4 Å². The van der Waals surface area contributed by atoms with E-state index in [4.69, 9.17) is 11.6 Å². The monoisotopic (exact) mass is 508 g/mol. The van der Waals surface area contributed by atoms with Gasteiger partial charge in [-0.2, -0.15) is 0 Å². The van der Waals surface area contributed by atoms with Gasteiger partial charge in [-0.3, -0.25) is 19.2 Å². The van der Waals surface area contributed by atoms with Gasteiger partial charge in [-0.05, 0) is 42.5 Å². The molecule has 3 aromatic carbocycles. The summed E-state index contributed by atoms with van der Waals surface area (Å²) in [6, 6.07) is 22.6. The fraction of sp³-hybridized carbons (Fsp3) is 0.133. The van der Waals surface area contributed by atoms with Crippen molar-refractivity contribution in [3.05, 3.63) is 125 Å². The van der Waals surface area contributed by atoms with Gasteiger partial charge < -0.3 is 4.90 Å². The van der Waals surface area contributed by atoms with E-state index < -0.39 is 29.8 Å². The maximum atomic E-state index is 13.8. The van der Waals surface area contributed by atoms with Gasteiger partial charge in [-0.1, -0.05) is 66.2 Å². The lowest BCUT2D eigenvalue weighted by Gasteiger charge is -2.32. The molecule has 0 unspecified atom stereocenters. The first-order valence-corrected chi connectivity index (χ1v) is 12.3. The van der Waals surface area contributed by atoms with E-state index in [0.717, 1.165) is 0 Å². The van der Waals surface area contributed by atoms with E-state index >= 15 is 0 Å². The van der Waals surface area contributed by atoms with Crippen molar-refractivity contribution in [2.24, 2.45) is 11.8 Å². The Morgan fingerprint density at radius 2 is 1.35 bits per heavy atom. The van der Waals surface area contributed by atoms with Crippen molar-refractivity contribution >= 4 is 40.7 Å². The first-order chi connectivity index (χ1) is 18.0. The second-order valence-electron chi connectivity index (χ2n) is 9.29. The third-order valence-corrected chi connectivity index (χ3v) is 7.51. The number of nitrogens with zero attached hydrogens (tertiary/aromatic N) is 2. The van der Waals surface area contributed by atoms with Gasteiger partial charge in [0.05, 0.1) is 23.6 Å². The zero-order valence-electron chi connectivity index (χ0n) is 19.5. The van der Waals surface area contributed by atoms with Gasteiger partial charge in [0.1, 0.15) is 6.04 Å². The minimum absolute atomic E-state index is 0.183. The molecule has 6 nitrogen and oxygen atoms in total. The summed E-state index contributed by atoms with van der Waals surface area (Å²) in [7, 11) is 0. The number of ketones is 2. The highest BCUT2D eigenvalue weighted by Crippen LogP contribution is 2.47. The summed E-state index contributed by atoms with van der Waals surface area (Å²) in [5.74, 6) is -2.95. The van der Waals surface area contributed by atoms with E-state index in [1.165, 1.54) is 4.90 Å². The number of hydrogen-bond acceptors (Lipinski definition) is 5. The number of carbonyl (C=O) groups is 4. The van der Waals surface area contributed by atoms with Gasteiger partial charge in [0.2, 0.25) is 11.8 Å². The number of halogens is 1. The Morgan fingerprint density at radius 3 is 2.03 bits per heavy atom. The van der Waals surface area contributed by atoms with Gasteiger partial charge in [-0.25, -0.2) is 4.90 Å². The van der Waals surface area contributed by atoms with E-state index in [1.54, 1.807) is 102 Å². The van der Waals surface area contributed by atoms with Crippen molar-refractivity contribution in [1.29, 1.82) is 0 Å². The van der Waals surface area contributed by atoms with Gasteiger partial charge >= 0.3 is 0 Å². The van der Waals surface area contributed by atoms with Crippen LogP contribution in [0.5, 0.6) is 0 Å². The number of benzene rings is 3. The Balaban J connectivity index is 1.43. The predicted octanol–water partition coefficient (Wildman–Crippen LogP) is 4.72. The van der Waals surface area contributed by atoms with Crippen LogP contribution in [-0.4, -0.2) is 40.4 Å². The van der Waals surface area contributed by atoms with Crippen LogP contribution in [-0.2, 0) is 9.59 Å². The Hall–Kier alpha value is -4.29. The number of fused-ring (bicyclic) bond motifs is 3. The lowest BCUT2D eigenvalue weighted by atomic mass is 9.85. The molecule has 3 aromatic rings. The van der Waals surface area contributed by atoms with Crippen LogP contribution in [0.2, 0.25) is 5.02 Å². The number of carbonyl (C=O) groups excluding carboxylic acids is 4. The molecule has 0 aromatic heterocycles. The molecule has 3 aliphatic heterocycles. The number of rotatable bonds is 5. The molecule has 0 spiro atoms. The minimum Gasteiger partial charge on any atom is -0.359 e. The molecule has 6 rings (SSSR count). The van der Waals surface area contributed by atoms with E-state index in [1.807, 2.05) is 6.07 Å². The molecule has 0 bridgehead atoms. The summed E-state index contributed by atoms with van der Waals surface area (Å²) in [6.07, 6.45) is 5.05. The zero-order chi connectivity index (χ0) is 25.7. The molecule has 2 fully saturated rings. The highest BCUT2D eigenvalue weighted by molar-refractivity contribution is 6.30. The molecule has 0 radical (unpaired) electrons. The second kappa shape index (κ2) is 8.98. The number of hydrogen-bond donors (Lipinski definition) is 0. The van der Waals surface area contributed by atoms with Crippen molar-refractivity contribution in [2.45, 2.75) is 12.1 Å². The summed E-state index contributed by atoms with van der Waals surface area (Å²) in [5.41, 5.74) is 1.81. The van der Waals surface area contributed by atoms with E-state index in [2.05, 4.69) is 0 Å². The van der Waals surface area contributed by atoms with Crippen molar-refractivity contribution in [3.8, 4) is 0 Å². The Morgan fingerprint density at radius 1 is 0.730 bits per heavy atom. The van der Waals surface area contributed by atoms with Gasteiger partial charge in [-0.15, -0.1) is 0 Å². The summed E-state index contributed by atoms with van der Waals surface area (Å²) in [6.45, 7) is 0. The van der Waals surface area contributed by atoms with Crippen LogP contribution in [0.1, 0.15) is 20.7 Å². The van der Waals surface area contributed by atoms with Crippen LogP contribution < -0.4 is 4.90 Å².